The number of methoxy groups -OCH3 is 1. The number of nitrogens with one attached hydrogen (secondary N) is 2. The van der Waals surface area contributed by atoms with Crippen LogP contribution in [-0.4, -0.2) is 46.7 Å². The van der Waals surface area contributed by atoms with Gasteiger partial charge in [0, 0.05) is 31.2 Å². The van der Waals surface area contributed by atoms with Crippen LogP contribution < -0.4 is 10.0 Å². The summed E-state index contributed by atoms with van der Waals surface area (Å²) in [6.07, 6.45) is 1.61. The Labute approximate surface area is 141 Å². The number of aryl methyl sites for hydroxylation is 1. The number of hydrogen-bond acceptors (Lipinski definition) is 6. The van der Waals surface area contributed by atoms with Crippen LogP contribution in [0.2, 0.25) is 0 Å². The van der Waals surface area contributed by atoms with Gasteiger partial charge in [0.2, 0.25) is 10.0 Å². The minimum absolute atomic E-state index is 0.0572. The average molecular weight is 357 g/mol. The zero-order valence-electron chi connectivity index (χ0n) is 13.9. The molecule has 0 spiro atoms. The fraction of sp³-hybridized carbons (Fsp3) is 0.600. The number of piperidine rings is 1. The maximum Gasteiger partial charge on any atom is 0.270 e. The lowest BCUT2D eigenvalue weighted by Crippen LogP contribution is -2.47. The number of ether oxygens (including phenoxy) is 1. The molecule has 0 saturated carbocycles. The number of non-ortho nitro benzene ring substituents is 1. The first-order valence-electron chi connectivity index (χ1n) is 7.74. The summed E-state index contributed by atoms with van der Waals surface area (Å²) in [6.45, 7) is 3.94. The summed E-state index contributed by atoms with van der Waals surface area (Å²) in [4.78, 5) is 10.2. The SMILES string of the molecule is COCC1(CNS(=O)(=O)c2cc([N+](=O)[O-])ccc2C)CCNCC1. The molecular formula is C15H23N3O5S. The van der Waals surface area contributed by atoms with Crippen molar-refractivity contribution in [3.05, 3.63) is 33.9 Å². The Balaban J connectivity index is 2.21. The molecule has 0 amide bonds. The van der Waals surface area contributed by atoms with Crippen LogP contribution in [0.3, 0.4) is 0 Å². The van der Waals surface area contributed by atoms with Crippen LogP contribution in [0.25, 0.3) is 0 Å². The minimum Gasteiger partial charge on any atom is -0.384 e. The van der Waals surface area contributed by atoms with Gasteiger partial charge < -0.3 is 10.1 Å². The molecule has 8 nitrogen and oxygen atoms in total. The van der Waals surface area contributed by atoms with E-state index in [4.69, 9.17) is 4.74 Å². The third-order valence-electron chi connectivity index (χ3n) is 4.42. The summed E-state index contributed by atoms with van der Waals surface area (Å²) in [5.74, 6) is 0. The van der Waals surface area contributed by atoms with E-state index in [0.717, 1.165) is 32.0 Å². The average Bonchev–Trinajstić information content (AvgIpc) is 2.54. The maximum absolute atomic E-state index is 12.6. The zero-order chi connectivity index (χ0) is 17.8. The van der Waals surface area contributed by atoms with Crippen molar-refractivity contribution in [2.75, 3.05) is 33.4 Å². The molecule has 0 atom stereocenters. The van der Waals surface area contributed by atoms with Crippen LogP contribution in [0.15, 0.2) is 23.1 Å². The van der Waals surface area contributed by atoms with Gasteiger partial charge in [-0.05, 0) is 38.4 Å². The molecule has 1 aromatic carbocycles. The normalized spacial score (nSPS) is 17.6. The summed E-state index contributed by atoms with van der Waals surface area (Å²) in [6, 6.07) is 3.85. The third-order valence-corrected chi connectivity index (χ3v) is 5.97. The fourth-order valence-electron chi connectivity index (χ4n) is 2.95. The van der Waals surface area contributed by atoms with Gasteiger partial charge in [0.05, 0.1) is 16.4 Å². The number of nitro groups is 1. The predicted molar refractivity (Wildman–Crippen MR) is 89.4 cm³/mol. The van der Waals surface area contributed by atoms with Crippen LogP contribution in [0.1, 0.15) is 18.4 Å². The first-order chi connectivity index (χ1) is 11.3. The molecule has 24 heavy (non-hydrogen) atoms. The lowest BCUT2D eigenvalue weighted by atomic mass is 9.80. The fourth-order valence-corrected chi connectivity index (χ4v) is 4.37. The van der Waals surface area contributed by atoms with E-state index < -0.39 is 14.9 Å². The summed E-state index contributed by atoms with van der Waals surface area (Å²) < 4.78 is 33.2. The minimum atomic E-state index is -3.83. The molecule has 1 saturated heterocycles. The Morgan fingerprint density at radius 3 is 2.62 bits per heavy atom. The van der Waals surface area contributed by atoms with E-state index in [1.54, 1.807) is 14.0 Å². The van der Waals surface area contributed by atoms with E-state index >= 15 is 0 Å². The molecule has 1 heterocycles. The van der Waals surface area contributed by atoms with Crippen molar-refractivity contribution in [2.24, 2.45) is 5.41 Å². The summed E-state index contributed by atoms with van der Waals surface area (Å²) >= 11 is 0. The number of rotatable bonds is 7. The van der Waals surface area contributed by atoms with Gasteiger partial charge in [-0.15, -0.1) is 0 Å². The molecule has 9 heteroatoms. The van der Waals surface area contributed by atoms with Crippen molar-refractivity contribution in [3.8, 4) is 0 Å². The van der Waals surface area contributed by atoms with E-state index in [2.05, 4.69) is 10.0 Å². The number of benzene rings is 1. The Hall–Kier alpha value is -1.55. The van der Waals surface area contributed by atoms with Gasteiger partial charge in [0.25, 0.3) is 5.69 Å². The number of sulfonamides is 1. The molecule has 1 aliphatic heterocycles. The molecule has 0 radical (unpaired) electrons. The Morgan fingerprint density at radius 2 is 2.04 bits per heavy atom. The predicted octanol–water partition coefficient (Wildman–Crippen LogP) is 1.20. The van der Waals surface area contributed by atoms with Crippen LogP contribution in [0.4, 0.5) is 5.69 Å². The van der Waals surface area contributed by atoms with Crippen LogP contribution >= 0.6 is 0 Å². The molecule has 0 bridgehead atoms. The highest BCUT2D eigenvalue weighted by atomic mass is 32.2. The molecule has 2 N–H and O–H groups in total. The highest BCUT2D eigenvalue weighted by Crippen LogP contribution is 2.29. The van der Waals surface area contributed by atoms with Crippen LogP contribution in [0, 0.1) is 22.5 Å². The molecule has 0 aliphatic carbocycles. The van der Waals surface area contributed by atoms with Crippen molar-refractivity contribution in [1.29, 1.82) is 0 Å². The summed E-state index contributed by atoms with van der Waals surface area (Å²) in [5.41, 5.74) is -0.0320. The van der Waals surface area contributed by atoms with E-state index in [0.29, 0.717) is 12.2 Å². The van der Waals surface area contributed by atoms with Gasteiger partial charge >= 0.3 is 0 Å². The van der Waals surface area contributed by atoms with Crippen LogP contribution in [0.5, 0.6) is 0 Å². The van der Waals surface area contributed by atoms with Gasteiger partial charge in [-0.1, -0.05) is 6.07 Å². The van der Waals surface area contributed by atoms with Crippen molar-refractivity contribution >= 4 is 15.7 Å². The van der Waals surface area contributed by atoms with E-state index in [9.17, 15) is 18.5 Å². The van der Waals surface area contributed by atoms with Gasteiger partial charge in [0.15, 0.2) is 0 Å². The highest BCUT2D eigenvalue weighted by Gasteiger charge is 2.34. The van der Waals surface area contributed by atoms with Crippen LogP contribution in [-0.2, 0) is 14.8 Å². The van der Waals surface area contributed by atoms with Gasteiger partial charge in [-0.2, -0.15) is 0 Å². The largest absolute Gasteiger partial charge is 0.384 e. The first-order valence-corrected chi connectivity index (χ1v) is 9.22. The van der Waals surface area contributed by atoms with E-state index in [1.807, 2.05) is 0 Å². The standard InChI is InChI=1S/C15H23N3O5S/c1-12-3-4-13(18(19)20)9-14(12)24(21,22)17-10-15(11-23-2)5-7-16-8-6-15/h3-4,9,16-17H,5-8,10-11H2,1-2H3. The van der Waals surface area contributed by atoms with Crippen molar-refractivity contribution in [1.82, 2.24) is 10.0 Å². The first kappa shape index (κ1) is 18.8. The molecule has 0 aromatic heterocycles. The van der Waals surface area contributed by atoms with E-state index in [-0.39, 0.29) is 22.5 Å². The molecule has 134 valence electrons. The Morgan fingerprint density at radius 1 is 1.38 bits per heavy atom. The lowest BCUT2D eigenvalue weighted by Gasteiger charge is -2.37. The monoisotopic (exact) mass is 357 g/mol. The summed E-state index contributed by atoms with van der Waals surface area (Å²) in [5, 5.41) is 14.1. The second kappa shape index (κ2) is 7.56. The van der Waals surface area contributed by atoms with Gasteiger partial charge in [-0.3, -0.25) is 10.1 Å². The Kier molecular flexibility index (Phi) is 5.92. The van der Waals surface area contributed by atoms with Crippen molar-refractivity contribution in [2.45, 2.75) is 24.7 Å². The number of nitro benzene ring substituents is 1. The Bertz CT molecular complexity index is 694. The highest BCUT2D eigenvalue weighted by molar-refractivity contribution is 7.89. The number of nitrogens with zero attached hydrogens (tertiary/aromatic N) is 1. The second-order valence-corrected chi connectivity index (χ2v) is 7.95. The molecule has 2 rings (SSSR count). The van der Waals surface area contributed by atoms with Gasteiger partial charge in [0.1, 0.15) is 0 Å². The molecule has 1 aliphatic rings. The second-order valence-electron chi connectivity index (χ2n) is 6.21. The molecule has 1 aromatic rings. The lowest BCUT2D eigenvalue weighted by molar-refractivity contribution is -0.385. The number of hydrogen-bond donors (Lipinski definition) is 2. The molecule has 1 fully saturated rings. The van der Waals surface area contributed by atoms with Crippen molar-refractivity contribution < 1.29 is 18.1 Å². The zero-order valence-corrected chi connectivity index (χ0v) is 14.7. The maximum atomic E-state index is 12.6. The molecular weight excluding hydrogens is 334 g/mol. The summed E-state index contributed by atoms with van der Waals surface area (Å²) in [7, 11) is -2.23. The van der Waals surface area contributed by atoms with E-state index in [1.165, 1.54) is 12.1 Å². The topological polar surface area (TPSA) is 111 Å². The smallest absolute Gasteiger partial charge is 0.270 e. The molecule has 0 unspecified atom stereocenters. The van der Waals surface area contributed by atoms with Crippen molar-refractivity contribution in [3.63, 3.8) is 0 Å². The van der Waals surface area contributed by atoms with Gasteiger partial charge in [-0.25, -0.2) is 13.1 Å². The third kappa shape index (κ3) is 4.29. The quantitative estimate of drug-likeness (QED) is 0.560.